The molecule has 17 heavy (non-hydrogen) atoms. The minimum atomic E-state index is 0.602. The van der Waals surface area contributed by atoms with Crippen LogP contribution in [0.2, 0.25) is 0 Å². The average Bonchev–Trinajstić information content (AvgIpc) is 2.84. The lowest BCUT2D eigenvalue weighted by Gasteiger charge is -2.13. The van der Waals surface area contributed by atoms with Crippen LogP contribution in [0.25, 0.3) is 0 Å². The second-order valence-electron chi connectivity index (χ2n) is 4.58. The molecule has 1 aliphatic rings. The largest absolute Gasteiger partial charge is 0.496 e. The fourth-order valence-corrected chi connectivity index (χ4v) is 2.41. The van der Waals surface area contributed by atoms with Crippen molar-refractivity contribution in [3.05, 3.63) is 29.3 Å². The Morgan fingerprint density at radius 2 is 2.24 bits per heavy atom. The Hall–Kier alpha value is -1.06. The van der Waals surface area contributed by atoms with Crippen molar-refractivity contribution >= 4 is 0 Å². The van der Waals surface area contributed by atoms with Crippen molar-refractivity contribution in [3.8, 4) is 5.75 Å². The molecule has 0 saturated carbocycles. The summed E-state index contributed by atoms with van der Waals surface area (Å²) in [6.07, 6.45) is 3.66. The van der Waals surface area contributed by atoms with E-state index in [1.165, 1.54) is 18.4 Å². The topological polar surface area (TPSA) is 30.5 Å². The fraction of sp³-hybridized carbons (Fsp3) is 0.571. The smallest absolute Gasteiger partial charge is 0.124 e. The summed E-state index contributed by atoms with van der Waals surface area (Å²) in [6.45, 7) is 1.76. The Balaban J connectivity index is 2.07. The zero-order valence-corrected chi connectivity index (χ0v) is 10.7. The normalized spacial score (nSPS) is 19.5. The van der Waals surface area contributed by atoms with E-state index in [1.54, 1.807) is 14.2 Å². The predicted octanol–water partition coefficient (Wildman–Crippen LogP) is 2.14. The van der Waals surface area contributed by atoms with Crippen LogP contribution in [0.4, 0.5) is 0 Å². The molecule has 1 aromatic rings. The lowest BCUT2D eigenvalue weighted by atomic mass is 10.0. The van der Waals surface area contributed by atoms with Gasteiger partial charge >= 0.3 is 0 Å². The SMILES string of the molecule is COCc1ccc(CC2CCCN2)cc1OC. The van der Waals surface area contributed by atoms with E-state index in [1.807, 2.05) is 0 Å². The molecule has 0 aliphatic carbocycles. The number of hydrogen-bond acceptors (Lipinski definition) is 3. The lowest BCUT2D eigenvalue weighted by molar-refractivity contribution is 0.181. The maximum absolute atomic E-state index is 5.40. The molecular formula is C14H21NO2. The monoisotopic (exact) mass is 235 g/mol. The van der Waals surface area contributed by atoms with Crippen LogP contribution in [0.3, 0.4) is 0 Å². The standard InChI is InChI=1S/C14H21NO2/c1-16-10-12-6-5-11(9-14(12)17-2)8-13-4-3-7-15-13/h5-6,9,13,15H,3-4,7-8,10H2,1-2H3. The van der Waals surface area contributed by atoms with E-state index in [-0.39, 0.29) is 0 Å². The highest BCUT2D eigenvalue weighted by Gasteiger charge is 2.15. The summed E-state index contributed by atoms with van der Waals surface area (Å²) >= 11 is 0. The van der Waals surface area contributed by atoms with Gasteiger partial charge in [0.15, 0.2) is 0 Å². The highest BCUT2D eigenvalue weighted by atomic mass is 16.5. The third-order valence-corrected chi connectivity index (χ3v) is 3.30. The van der Waals surface area contributed by atoms with Crippen LogP contribution in [0.5, 0.6) is 5.75 Å². The molecule has 0 spiro atoms. The highest BCUT2D eigenvalue weighted by Crippen LogP contribution is 2.22. The Labute approximate surface area is 103 Å². The molecule has 0 aromatic heterocycles. The fourth-order valence-electron chi connectivity index (χ4n) is 2.41. The van der Waals surface area contributed by atoms with Gasteiger partial charge in [-0.15, -0.1) is 0 Å². The van der Waals surface area contributed by atoms with Crippen molar-refractivity contribution in [2.24, 2.45) is 0 Å². The zero-order valence-electron chi connectivity index (χ0n) is 10.7. The molecule has 1 fully saturated rings. The van der Waals surface area contributed by atoms with Crippen molar-refractivity contribution in [3.63, 3.8) is 0 Å². The van der Waals surface area contributed by atoms with Crippen LogP contribution in [0.1, 0.15) is 24.0 Å². The van der Waals surface area contributed by atoms with Gasteiger partial charge in [-0.2, -0.15) is 0 Å². The van der Waals surface area contributed by atoms with Crippen molar-refractivity contribution in [2.75, 3.05) is 20.8 Å². The highest BCUT2D eigenvalue weighted by molar-refractivity contribution is 5.37. The first-order valence-corrected chi connectivity index (χ1v) is 6.21. The number of hydrogen-bond donors (Lipinski definition) is 1. The van der Waals surface area contributed by atoms with Crippen LogP contribution >= 0.6 is 0 Å². The van der Waals surface area contributed by atoms with Gasteiger partial charge in [-0.1, -0.05) is 12.1 Å². The average molecular weight is 235 g/mol. The van der Waals surface area contributed by atoms with Gasteiger partial charge in [-0.3, -0.25) is 0 Å². The van der Waals surface area contributed by atoms with Crippen molar-refractivity contribution in [1.29, 1.82) is 0 Å². The summed E-state index contributed by atoms with van der Waals surface area (Å²) in [7, 11) is 3.42. The Morgan fingerprint density at radius 1 is 1.35 bits per heavy atom. The van der Waals surface area contributed by atoms with Crippen molar-refractivity contribution < 1.29 is 9.47 Å². The van der Waals surface area contributed by atoms with Gasteiger partial charge in [0.1, 0.15) is 5.75 Å². The molecule has 1 saturated heterocycles. The molecule has 94 valence electrons. The molecule has 0 bridgehead atoms. The molecule has 1 N–H and O–H groups in total. The number of benzene rings is 1. The lowest BCUT2D eigenvalue weighted by Crippen LogP contribution is -2.23. The molecule has 0 radical (unpaired) electrons. The summed E-state index contributed by atoms with van der Waals surface area (Å²) in [5.74, 6) is 0.933. The van der Waals surface area contributed by atoms with Gasteiger partial charge in [0, 0.05) is 18.7 Å². The van der Waals surface area contributed by atoms with Crippen LogP contribution in [-0.4, -0.2) is 26.8 Å². The molecule has 2 rings (SSSR count). The summed E-state index contributed by atoms with van der Waals surface area (Å²) in [4.78, 5) is 0. The first-order chi connectivity index (χ1) is 8.33. The van der Waals surface area contributed by atoms with E-state index >= 15 is 0 Å². The number of nitrogens with one attached hydrogen (secondary N) is 1. The predicted molar refractivity (Wildman–Crippen MR) is 68.4 cm³/mol. The first-order valence-electron chi connectivity index (χ1n) is 6.21. The molecule has 3 nitrogen and oxygen atoms in total. The Bertz CT molecular complexity index is 359. The van der Waals surface area contributed by atoms with Gasteiger partial charge in [0.2, 0.25) is 0 Å². The molecule has 1 heterocycles. The first kappa shape index (κ1) is 12.4. The summed E-state index contributed by atoms with van der Waals surface area (Å²) in [5, 5.41) is 3.52. The quantitative estimate of drug-likeness (QED) is 0.848. The van der Waals surface area contributed by atoms with Crippen LogP contribution in [0, 0.1) is 0 Å². The van der Waals surface area contributed by atoms with Crippen LogP contribution < -0.4 is 10.1 Å². The van der Waals surface area contributed by atoms with Gasteiger partial charge in [0.05, 0.1) is 13.7 Å². The van der Waals surface area contributed by atoms with E-state index in [0.29, 0.717) is 12.6 Å². The number of rotatable bonds is 5. The molecule has 1 aromatic carbocycles. The third kappa shape index (κ3) is 3.20. The van der Waals surface area contributed by atoms with Crippen LogP contribution in [-0.2, 0) is 17.8 Å². The molecule has 1 atom stereocenters. The minimum absolute atomic E-state index is 0.602. The minimum Gasteiger partial charge on any atom is -0.496 e. The van der Waals surface area contributed by atoms with E-state index in [4.69, 9.17) is 9.47 Å². The molecule has 1 unspecified atom stereocenters. The third-order valence-electron chi connectivity index (χ3n) is 3.30. The zero-order chi connectivity index (χ0) is 12.1. The maximum Gasteiger partial charge on any atom is 0.124 e. The molecular weight excluding hydrogens is 214 g/mol. The molecule has 0 amide bonds. The second kappa shape index (κ2) is 6.03. The maximum atomic E-state index is 5.40. The summed E-state index contributed by atoms with van der Waals surface area (Å²) in [5.41, 5.74) is 2.44. The Morgan fingerprint density at radius 3 is 2.88 bits per heavy atom. The van der Waals surface area contributed by atoms with E-state index in [9.17, 15) is 0 Å². The van der Waals surface area contributed by atoms with Crippen molar-refractivity contribution in [1.82, 2.24) is 5.32 Å². The van der Waals surface area contributed by atoms with Crippen molar-refractivity contribution in [2.45, 2.75) is 31.9 Å². The molecule has 1 aliphatic heterocycles. The second-order valence-corrected chi connectivity index (χ2v) is 4.58. The summed E-state index contributed by atoms with van der Waals surface area (Å²) < 4.78 is 10.6. The van der Waals surface area contributed by atoms with Gasteiger partial charge in [-0.05, 0) is 37.4 Å². The van der Waals surface area contributed by atoms with Gasteiger partial charge in [-0.25, -0.2) is 0 Å². The van der Waals surface area contributed by atoms with Gasteiger partial charge < -0.3 is 14.8 Å². The number of ether oxygens (including phenoxy) is 2. The summed E-state index contributed by atoms with van der Waals surface area (Å²) in [6, 6.07) is 7.05. The van der Waals surface area contributed by atoms with Crippen LogP contribution in [0.15, 0.2) is 18.2 Å². The van der Waals surface area contributed by atoms with E-state index in [0.717, 1.165) is 24.3 Å². The number of methoxy groups -OCH3 is 2. The van der Waals surface area contributed by atoms with E-state index in [2.05, 4.69) is 23.5 Å². The van der Waals surface area contributed by atoms with E-state index < -0.39 is 0 Å². The van der Waals surface area contributed by atoms with Gasteiger partial charge in [0.25, 0.3) is 0 Å². The molecule has 3 heteroatoms. The Kier molecular flexibility index (Phi) is 4.40.